The smallest absolute Gasteiger partial charge is 0.302 e. The van der Waals surface area contributed by atoms with E-state index >= 15 is 0 Å². The average Bonchev–Trinajstić information content (AvgIpc) is 2.68. The summed E-state index contributed by atoms with van der Waals surface area (Å²) in [6, 6.07) is 0.305. The van der Waals surface area contributed by atoms with Crippen LogP contribution in [0.5, 0.6) is 0 Å². The topological polar surface area (TPSA) is 58.9 Å². The van der Waals surface area contributed by atoms with E-state index in [2.05, 4.69) is 19.7 Å². The zero-order valence-electron chi connectivity index (χ0n) is 15.8. The highest BCUT2D eigenvalue weighted by atomic mass is 16.5. The summed E-state index contributed by atoms with van der Waals surface area (Å²) >= 11 is 0. The molecule has 4 nitrogen and oxygen atoms in total. The molecular formula is C22H29NO3. The summed E-state index contributed by atoms with van der Waals surface area (Å²) in [5.41, 5.74) is 0.969. The zero-order chi connectivity index (χ0) is 18.1. The number of aliphatic imine (C=N–C) groups is 1. The van der Waals surface area contributed by atoms with E-state index < -0.39 is 6.10 Å². The number of esters is 1. The van der Waals surface area contributed by atoms with Crippen LogP contribution in [0.15, 0.2) is 17.1 Å². The third-order valence-electron chi connectivity index (χ3n) is 9.85. The van der Waals surface area contributed by atoms with Crippen molar-refractivity contribution in [3.63, 3.8) is 0 Å². The van der Waals surface area contributed by atoms with Crippen molar-refractivity contribution in [2.75, 3.05) is 0 Å². The molecule has 7 aliphatic rings. The number of fused-ring (bicyclic) bond motifs is 1. The van der Waals surface area contributed by atoms with Crippen LogP contribution >= 0.6 is 0 Å². The SMILES string of the molecule is C=C1[C@H]2C[C@@H]3[C@H]4N=C[C@]5(C)CCC[C@]46[C@H](C2)[C@@]3([C@@H]1O)[C@H](OC(C)=O)C[C@@H]65. The quantitative estimate of drug-likeness (QED) is 0.581. The summed E-state index contributed by atoms with van der Waals surface area (Å²) in [7, 11) is 0. The molecule has 1 N–H and O–H groups in total. The number of aliphatic hydroxyl groups is 1. The highest BCUT2D eigenvalue weighted by molar-refractivity contribution is 5.70. The maximum Gasteiger partial charge on any atom is 0.302 e. The van der Waals surface area contributed by atoms with Crippen LogP contribution in [0.4, 0.5) is 0 Å². The zero-order valence-corrected chi connectivity index (χ0v) is 15.8. The molecule has 6 saturated carbocycles. The van der Waals surface area contributed by atoms with Gasteiger partial charge < -0.3 is 9.84 Å². The van der Waals surface area contributed by atoms with E-state index in [0.29, 0.717) is 29.7 Å². The fourth-order valence-corrected chi connectivity index (χ4v) is 9.32. The number of carbonyl (C=O) groups excluding carboxylic acids is 1. The van der Waals surface area contributed by atoms with E-state index in [-0.39, 0.29) is 28.3 Å². The lowest BCUT2D eigenvalue weighted by Crippen LogP contribution is -2.68. The van der Waals surface area contributed by atoms with Crippen molar-refractivity contribution < 1.29 is 14.6 Å². The second kappa shape index (κ2) is 4.45. The van der Waals surface area contributed by atoms with Gasteiger partial charge in [-0.25, -0.2) is 0 Å². The molecule has 0 unspecified atom stereocenters. The Hall–Kier alpha value is -1.16. The summed E-state index contributed by atoms with van der Waals surface area (Å²) in [5.74, 6) is 1.48. The Bertz CT molecular complexity index is 760. The van der Waals surface area contributed by atoms with Crippen molar-refractivity contribution in [2.45, 2.75) is 70.6 Å². The second-order valence-corrected chi connectivity index (χ2v) is 10.4. The van der Waals surface area contributed by atoms with Crippen LogP contribution in [-0.4, -0.2) is 35.5 Å². The molecule has 140 valence electrons. The molecule has 7 rings (SSSR count). The molecule has 0 aromatic heterocycles. The van der Waals surface area contributed by atoms with E-state index in [1.807, 2.05) is 0 Å². The fourth-order valence-electron chi connectivity index (χ4n) is 9.32. The van der Waals surface area contributed by atoms with Crippen molar-refractivity contribution in [3.05, 3.63) is 12.2 Å². The number of ether oxygens (including phenoxy) is 1. The maximum atomic E-state index is 12.0. The maximum absolute atomic E-state index is 12.0. The minimum absolute atomic E-state index is 0.118. The van der Waals surface area contributed by atoms with Crippen molar-refractivity contribution >= 4 is 12.2 Å². The summed E-state index contributed by atoms with van der Waals surface area (Å²) in [6.07, 6.45) is 8.28. The molecule has 6 bridgehead atoms. The molecule has 0 radical (unpaired) electrons. The number of rotatable bonds is 1. The van der Waals surface area contributed by atoms with Gasteiger partial charge >= 0.3 is 5.97 Å². The van der Waals surface area contributed by atoms with E-state index in [4.69, 9.17) is 9.73 Å². The third kappa shape index (κ3) is 1.38. The highest BCUT2D eigenvalue weighted by Crippen LogP contribution is 2.82. The first-order valence-electron chi connectivity index (χ1n) is 10.4. The largest absolute Gasteiger partial charge is 0.462 e. The molecule has 6 fully saturated rings. The molecule has 4 heteroatoms. The van der Waals surface area contributed by atoms with Gasteiger partial charge in [-0.2, -0.15) is 0 Å². The van der Waals surface area contributed by atoms with Gasteiger partial charge in [0.25, 0.3) is 0 Å². The molecule has 0 amide bonds. The van der Waals surface area contributed by atoms with Crippen molar-refractivity contribution in [1.82, 2.24) is 0 Å². The molecule has 0 saturated heterocycles. The number of carbonyl (C=O) groups is 1. The molecule has 6 aliphatic carbocycles. The Morgan fingerprint density at radius 3 is 2.88 bits per heavy atom. The summed E-state index contributed by atoms with van der Waals surface area (Å²) in [6.45, 7) is 8.17. The standard InChI is InChI=1S/C22H29NO3/c1-11-13-7-14-18-21-6-4-5-20(3,10-23-18)15(21)9-17(26-12(2)24)22(14,19(11)25)16(21)8-13/h10,13-19,25H,1,4-9H2,2-3H3/t13-,14+,15+,16-,17+,18+,19+,20-,21-,22+/m0/s1. The van der Waals surface area contributed by atoms with Crippen molar-refractivity contribution in [1.29, 1.82) is 0 Å². The van der Waals surface area contributed by atoms with Gasteiger partial charge in [0, 0.05) is 29.4 Å². The van der Waals surface area contributed by atoms with Crippen LogP contribution in [0.1, 0.15) is 52.4 Å². The van der Waals surface area contributed by atoms with Gasteiger partial charge in [-0.3, -0.25) is 9.79 Å². The van der Waals surface area contributed by atoms with Crippen molar-refractivity contribution in [2.24, 2.45) is 44.9 Å². The molecule has 26 heavy (non-hydrogen) atoms. The summed E-state index contributed by atoms with van der Waals surface area (Å²) in [5, 5.41) is 11.5. The predicted molar refractivity (Wildman–Crippen MR) is 97.6 cm³/mol. The van der Waals surface area contributed by atoms with Gasteiger partial charge in [0.05, 0.1) is 12.1 Å². The Balaban J connectivity index is 1.62. The minimum Gasteiger partial charge on any atom is -0.462 e. The molecule has 0 aromatic rings. The monoisotopic (exact) mass is 355 g/mol. The van der Waals surface area contributed by atoms with Crippen LogP contribution in [0.3, 0.4) is 0 Å². The number of nitrogens with zero attached hydrogens (tertiary/aromatic N) is 1. The van der Waals surface area contributed by atoms with Gasteiger partial charge in [0.2, 0.25) is 0 Å². The van der Waals surface area contributed by atoms with E-state index in [9.17, 15) is 9.90 Å². The number of aliphatic hydroxyl groups excluding tert-OH is 1. The Morgan fingerprint density at radius 2 is 2.12 bits per heavy atom. The van der Waals surface area contributed by atoms with Crippen molar-refractivity contribution in [3.8, 4) is 0 Å². The molecule has 2 spiro atoms. The summed E-state index contributed by atoms with van der Waals surface area (Å²) < 4.78 is 6.01. The second-order valence-electron chi connectivity index (χ2n) is 10.4. The molecule has 0 aromatic carbocycles. The van der Waals surface area contributed by atoms with Crippen LogP contribution in [-0.2, 0) is 9.53 Å². The first-order chi connectivity index (χ1) is 12.4. The normalized spacial score (nSPS) is 60.9. The lowest BCUT2D eigenvalue weighted by molar-refractivity contribution is -0.229. The molecule has 1 heterocycles. The Morgan fingerprint density at radius 1 is 1.31 bits per heavy atom. The Labute approximate surface area is 155 Å². The first-order valence-corrected chi connectivity index (χ1v) is 10.4. The van der Waals surface area contributed by atoms with Gasteiger partial charge in [0.15, 0.2) is 0 Å². The minimum atomic E-state index is -0.543. The average molecular weight is 355 g/mol. The lowest BCUT2D eigenvalue weighted by Gasteiger charge is -2.67. The van der Waals surface area contributed by atoms with Gasteiger partial charge in [-0.1, -0.05) is 19.9 Å². The van der Waals surface area contributed by atoms with E-state index in [1.54, 1.807) is 0 Å². The molecule has 10 atom stereocenters. The highest BCUT2D eigenvalue weighted by Gasteiger charge is 2.83. The van der Waals surface area contributed by atoms with Crippen LogP contribution in [0.2, 0.25) is 0 Å². The third-order valence-corrected chi connectivity index (χ3v) is 9.85. The fraction of sp³-hybridized carbons (Fsp3) is 0.818. The van der Waals surface area contributed by atoms with E-state index in [1.165, 1.54) is 26.2 Å². The first kappa shape index (κ1) is 15.9. The van der Waals surface area contributed by atoms with Crippen LogP contribution in [0, 0.1) is 39.9 Å². The van der Waals surface area contributed by atoms with E-state index in [0.717, 1.165) is 24.8 Å². The summed E-state index contributed by atoms with van der Waals surface area (Å²) in [4.78, 5) is 17.2. The number of hydrogen-bond donors (Lipinski definition) is 1. The predicted octanol–water partition coefficient (Wildman–Crippen LogP) is 3.14. The van der Waals surface area contributed by atoms with Gasteiger partial charge in [0.1, 0.15) is 6.10 Å². The number of hydrogen-bond acceptors (Lipinski definition) is 4. The molecular weight excluding hydrogens is 326 g/mol. The van der Waals surface area contributed by atoms with Gasteiger partial charge in [-0.15, -0.1) is 0 Å². The lowest BCUT2D eigenvalue weighted by atomic mass is 9.39. The van der Waals surface area contributed by atoms with Crippen LogP contribution in [0.25, 0.3) is 0 Å². The van der Waals surface area contributed by atoms with Crippen LogP contribution < -0.4 is 0 Å². The molecule has 1 aliphatic heterocycles. The Kier molecular flexibility index (Phi) is 2.72. The van der Waals surface area contributed by atoms with Gasteiger partial charge in [-0.05, 0) is 61.3 Å².